The first-order chi connectivity index (χ1) is 8.61. The second kappa shape index (κ2) is 5.94. The Balaban J connectivity index is 1.90. The Morgan fingerprint density at radius 3 is 2.78 bits per heavy atom. The number of phenolic OH excluding ortho intramolecular Hbond substituents is 1. The van der Waals surface area contributed by atoms with E-state index in [9.17, 15) is 5.11 Å². The maximum atomic E-state index is 9.38. The van der Waals surface area contributed by atoms with Crippen LogP contribution in [0.4, 0.5) is 0 Å². The van der Waals surface area contributed by atoms with Crippen LogP contribution in [-0.2, 0) is 6.54 Å². The first kappa shape index (κ1) is 13.7. The molecule has 0 amide bonds. The summed E-state index contributed by atoms with van der Waals surface area (Å²) in [6.45, 7) is 5.46. The number of hydrogen-bond donors (Lipinski definition) is 2. The van der Waals surface area contributed by atoms with E-state index in [4.69, 9.17) is 11.6 Å². The molecule has 3 unspecified atom stereocenters. The van der Waals surface area contributed by atoms with Gasteiger partial charge in [0.2, 0.25) is 0 Å². The summed E-state index contributed by atoms with van der Waals surface area (Å²) in [4.78, 5) is 0. The van der Waals surface area contributed by atoms with Gasteiger partial charge >= 0.3 is 0 Å². The number of aromatic hydroxyl groups is 1. The van der Waals surface area contributed by atoms with Gasteiger partial charge in [-0.3, -0.25) is 0 Å². The Kier molecular flexibility index (Phi) is 4.52. The summed E-state index contributed by atoms with van der Waals surface area (Å²) in [5, 5.41) is 13.4. The van der Waals surface area contributed by atoms with E-state index in [0.29, 0.717) is 11.1 Å². The highest BCUT2D eigenvalue weighted by Gasteiger charge is 2.30. The molecule has 1 aliphatic rings. The van der Waals surface area contributed by atoms with Crippen molar-refractivity contribution < 1.29 is 5.11 Å². The van der Waals surface area contributed by atoms with Gasteiger partial charge in [0.05, 0.1) is 5.02 Å². The summed E-state index contributed by atoms with van der Waals surface area (Å²) in [6, 6.07) is 6.03. The zero-order valence-corrected chi connectivity index (χ0v) is 11.9. The van der Waals surface area contributed by atoms with E-state index in [0.717, 1.165) is 23.9 Å². The number of phenols is 1. The quantitative estimate of drug-likeness (QED) is 0.865. The van der Waals surface area contributed by atoms with Crippen molar-refractivity contribution in [1.29, 1.82) is 0 Å². The van der Waals surface area contributed by atoms with Crippen molar-refractivity contribution in [1.82, 2.24) is 5.32 Å². The molecule has 3 heteroatoms. The molecule has 1 aromatic rings. The maximum Gasteiger partial charge on any atom is 0.134 e. The van der Waals surface area contributed by atoms with Crippen molar-refractivity contribution in [2.24, 2.45) is 11.8 Å². The Bertz CT molecular complexity index is 407. The minimum absolute atomic E-state index is 0.153. The average molecular weight is 268 g/mol. The van der Waals surface area contributed by atoms with Crippen molar-refractivity contribution in [2.75, 3.05) is 0 Å². The molecule has 0 heterocycles. The lowest BCUT2D eigenvalue weighted by Gasteiger charge is -2.21. The molecule has 0 spiro atoms. The SMILES string of the molecule is CCC1CCC(NCc2ccc(O)c(Cl)c2)C1C. The molecule has 1 aromatic carbocycles. The van der Waals surface area contributed by atoms with Crippen LogP contribution in [0.3, 0.4) is 0 Å². The molecular weight excluding hydrogens is 246 g/mol. The van der Waals surface area contributed by atoms with Gasteiger partial charge in [0.15, 0.2) is 0 Å². The van der Waals surface area contributed by atoms with Crippen LogP contribution in [0.1, 0.15) is 38.7 Å². The molecule has 0 radical (unpaired) electrons. The molecule has 1 saturated carbocycles. The van der Waals surface area contributed by atoms with Gasteiger partial charge in [-0.2, -0.15) is 0 Å². The predicted octanol–water partition coefficient (Wildman–Crippen LogP) is 3.96. The maximum absolute atomic E-state index is 9.38. The number of benzene rings is 1. The average Bonchev–Trinajstić information content (AvgIpc) is 2.72. The Morgan fingerprint density at radius 2 is 2.17 bits per heavy atom. The second-order valence-electron chi connectivity index (χ2n) is 5.38. The van der Waals surface area contributed by atoms with Gasteiger partial charge in [-0.1, -0.05) is 37.9 Å². The lowest BCUT2D eigenvalue weighted by Crippen LogP contribution is -2.32. The second-order valence-corrected chi connectivity index (χ2v) is 5.79. The number of nitrogens with one attached hydrogen (secondary N) is 1. The molecule has 2 rings (SSSR count). The molecule has 0 bridgehead atoms. The molecule has 18 heavy (non-hydrogen) atoms. The van der Waals surface area contributed by atoms with Gasteiger partial charge in [-0.15, -0.1) is 0 Å². The fraction of sp³-hybridized carbons (Fsp3) is 0.600. The molecule has 0 aliphatic heterocycles. The smallest absolute Gasteiger partial charge is 0.134 e. The zero-order chi connectivity index (χ0) is 13.1. The van der Waals surface area contributed by atoms with Crippen LogP contribution in [0.2, 0.25) is 5.02 Å². The number of hydrogen-bond acceptors (Lipinski definition) is 2. The van der Waals surface area contributed by atoms with Crippen LogP contribution in [0.5, 0.6) is 5.75 Å². The van der Waals surface area contributed by atoms with Gasteiger partial charge in [0.1, 0.15) is 5.75 Å². The van der Waals surface area contributed by atoms with Crippen LogP contribution in [0, 0.1) is 11.8 Å². The third-order valence-corrected chi connectivity index (χ3v) is 4.63. The van der Waals surface area contributed by atoms with Crippen molar-refractivity contribution >= 4 is 11.6 Å². The fourth-order valence-corrected chi connectivity index (χ4v) is 3.22. The van der Waals surface area contributed by atoms with Crippen molar-refractivity contribution in [3.8, 4) is 5.75 Å². The monoisotopic (exact) mass is 267 g/mol. The van der Waals surface area contributed by atoms with E-state index < -0.39 is 0 Å². The molecule has 2 N–H and O–H groups in total. The Hall–Kier alpha value is -0.730. The van der Waals surface area contributed by atoms with Crippen LogP contribution in [-0.4, -0.2) is 11.1 Å². The van der Waals surface area contributed by atoms with Gasteiger partial charge in [0, 0.05) is 12.6 Å². The third-order valence-electron chi connectivity index (χ3n) is 4.33. The normalized spacial score (nSPS) is 27.6. The molecule has 2 nitrogen and oxygen atoms in total. The summed E-state index contributed by atoms with van der Waals surface area (Å²) in [5.41, 5.74) is 1.13. The van der Waals surface area contributed by atoms with E-state index in [-0.39, 0.29) is 5.75 Å². The van der Waals surface area contributed by atoms with Gasteiger partial charge in [-0.05, 0) is 42.4 Å². The van der Waals surface area contributed by atoms with Crippen molar-refractivity contribution in [3.05, 3.63) is 28.8 Å². The lowest BCUT2D eigenvalue weighted by molar-refractivity contribution is 0.344. The summed E-state index contributed by atoms with van der Waals surface area (Å²) in [7, 11) is 0. The summed E-state index contributed by atoms with van der Waals surface area (Å²) >= 11 is 5.91. The number of halogens is 1. The molecule has 0 saturated heterocycles. The Morgan fingerprint density at radius 1 is 1.39 bits per heavy atom. The third kappa shape index (κ3) is 2.99. The first-order valence-electron chi connectivity index (χ1n) is 6.82. The van der Waals surface area contributed by atoms with Crippen LogP contribution < -0.4 is 5.32 Å². The molecular formula is C15H22ClNO. The topological polar surface area (TPSA) is 32.3 Å². The van der Waals surface area contributed by atoms with E-state index in [1.54, 1.807) is 6.07 Å². The molecule has 100 valence electrons. The van der Waals surface area contributed by atoms with Gasteiger partial charge < -0.3 is 10.4 Å². The summed E-state index contributed by atoms with van der Waals surface area (Å²) in [6.07, 6.45) is 3.89. The predicted molar refractivity (Wildman–Crippen MR) is 75.9 cm³/mol. The van der Waals surface area contributed by atoms with Gasteiger partial charge in [-0.25, -0.2) is 0 Å². The van der Waals surface area contributed by atoms with Crippen LogP contribution >= 0.6 is 11.6 Å². The standard InChI is InChI=1S/C15H22ClNO/c1-3-12-5-6-14(10(12)2)17-9-11-4-7-15(18)13(16)8-11/h4,7-8,10,12,14,17-18H,3,5-6,9H2,1-2H3. The van der Waals surface area contributed by atoms with E-state index >= 15 is 0 Å². The number of rotatable bonds is 4. The molecule has 1 aliphatic carbocycles. The molecule has 1 fully saturated rings. The summed E-state index contributed by atoms with van der Waals surface area (Å²) < 4.78 is 0. The largest absolute Gasteiger partial charge is 0.506 e. The summed E-state index contributed by atoms with van der Waals surface area (Å²) in [5.74, 6) is 1.77. The van der Waals surface area contributed by atoms with E-state index in [1.165, 1.54) is 19.3 Å². The minimum atomic E-state index is 0.153. The van der Waals surface area contributed by atoms with Crippen molar-refractivity contribution in [2.45, 2.75) is 45.7 Å². The van der Waals surface area contributed by atoms with Gasteiger partial charge in [0.25, 0.3) is 0 Å². The highest BCUT2D eigenvalue weighted by Crippen LogP contribution is 2.34. The van der Waals surface area contributed by atoms with Crippen molar-refractivity contribution in [3.63, 3.8) is 0 Å². The van der Waals surface area contributed by atoms with E-state index in [1.807, 2.05) is 12.1 Å². The lowest BCUT2D eigenvalue weighted by atomic mass is 9.93. The molecule has 0 aromatic heterocycles. The highest BCUT2D eigenvalue weighted by atomic mass is 35.5. The van der Waals surface area contributed by atoms with Crippen LogP contribution in [0.25, 0.3) is 0 Å². The fourth-order valence-electron chi connectivity index (χ4n) is 3.02. The molecule has 3 atom stereocenters. The first-order valence-corrected chi connectivity index (χ1v) is 7.20. The highest BCUT2D eigenvalue weighted by molar-refractivity contribution is 6.32. The minimum Gasteiger partial charge on any atom is -0.506 e. The van der Waals surface area contributed by atoms with E-state index in [2.05, 4.69) is 19.2 Å². The van der Waals surface area contributed by atoms with Crippen LogP contribution in [0.15, 0.2) is 18.2 Å². The Labute approximate surface area is 114 Å². The zero-order valence-electron chi connectivity index (χ0n) is 11.1.